The molecule has 2 rings (SSSR count). The molecule has 0 aromatic carbocycles. The van der Waals surface area contributed by atoms with Crippen molar-refractivity contribution in [3.8, 4) is 0 Å². The van der Waals surface area contributed by atoms with Gasteiger partial charge >= 0.3 is 5.69 Å². The van der Waals surface area contributed by atoms with Gasteiger partial charge < -0.3 is 10.6 Å². The Kier molecular flexibility index (Phi) is 7.94. The number of hydrogen-bond donors (Lipinski definition) is 2. The zero-order valence-electron chi connectivity index (χ0n) is 13.0. The number of halogens is 2. The number of nitrogens with zero attached hydrogens (tertiary/aromatic N) is 3. The van der Waals surface area contributed by atoms with E-state index < -0.39 is 11.2 Å². The Morgan fingerprint density at radius 2 is 1.87 bits per heavy atom. The van der Waals surface area contributed by atoms with Crippen LogP contribution in [0.25, 0.3) is 11.0 Å². The van der Waals surface area contributed by atoms with Crippen LogP contribution in [0.2, 0.25) is 0 Å². The first-order valence-corrected chi connectivity index (χ1v) is 6.46. The van der Waals surface area contributed by atoms with Gasteiger partial charge in [0.25, 0.3) is 5.56 Å². The zero-order chi connectivity index (χ0) is 15.6. The highest BCUT2D eigenvalue weighted by molar-refractivity contribution is 5.92. The van der Waals surface area contributed by atoms with Gasteiger partial charge in [0, 0.05) is 27.1 Å². The lowest BCUT2D eigenvalue weighted by Gasteiger charge is -2.09. The fraction of sp³-hybridized carbons (Fsp3) is 0.385. The summed E-state index contributed by atoms with van der Waals surface area (Å²) >= 11 is 0. The molecule has 128 valence electrons. The number of hydrogen-bond acceptors (Lipinski definition) is 5. The third-order valence-electron chi connectivity index (χ3n) is 3.18. The van der Waals surface area contributed by atoms with Crippen molar-refractivity contribution < 1.29 is 4.79 Å². The fourth-order valence-electron chi connectivity index (χ4n) is 2.00. The maximum Gasteiger partial charge on any atom is 0.332 e. The summed E-state index contributed by atoms with van der Waals surface area (Å²) in [6, 6.07) is 1.53. The molecule has 2 N–H and O–H groups in total. The van der Waals surface area contributed by atoms with Gasteiger partial charge in [0.2, 0.25) is 5.91 Å². The van der Waals surface area contributed by atoms with Gasteiger partial charge in [-0.05, 0) is 13.1 Å². The Morgan fingerprint density at radius 3 is 2.48 bits per heavy atom. The lowest BCUT2D eigenvalue weighted by molar-refractivity contribution is -0.116. The summed E-state index contributed by atoms with van der Waals surface area (Å²) in [5, 5.41) is 5.83. The molecule has 1 amide bonds. The molecule has 23 heavy (non-hydrogen) atoms. The van der Waals surface area contributed by atoms with Crippen LogP contribution in [0.15, 0.2) is 21.9 Å². The Balaban J connectivity index is 0.00000242. The predicted octanol–water partition coefficient (Wildman–Crippen LogP) is 0.0238. The number of fused-ring (bicyclic) bond motifs is 1. The molecule has 0 aliphatic rings. The van der Waals surface area contributed by atoms with Crippen LogP contribution in [0.5, 0.6) is 0 Å². The number of aryl methyl sites for hydroxylation is 1. The van der Waals surface area contributed by atoms with Gasteiger partial charge in [-0.25, -0.2) is 9.78 Å². The summed E-state index contributed by atoms with van der Waals surface area (Å²) in [6.45, 7) is 0.559. The van der Waals surface area contributed by atoms with Crippen molar-refractivity contribution in [1.82, 2.24) is 19.4 Å². The maximum absolute atomic E-state index is 12.1. The molecule has 10 heteroatoms. The molecule has 0 saturated heterocycles. The second-order valence-corrected chi connectivity index (χ2v) is 4.70. The number of anilines is 1. The van der Waals surface area contributed by atoms with Gasteiger partial charge in [-0.1, -0.05) is 0 Å². The van der Waals surface area contributed by atoms with Crippen LogP contribution in [-0.2, 0) is 18.9 Å². The molecule has 2 aromatic heterocycles. The second kappa shape index (κ2) is 8.66. The molecule has 0 fully saturated rings. The van der Waals surface area contributed by atoms with Gasteiger partial charge in [0.15, 0.2) is 0 Å². The van der Waals surface area contributed by atoms with Gasteiger partial charge in [0.05, 0.1) is 17.3 Å². The van der Waals surface area contributed by atoms with Crippen LogP contribution in [0.1, 0.15) is 6.42 Å². The minimum absolute atomic E-state index is 0. The molecule has 0 aliphatic heterocycles. The van der Waals surface area contributed by atoms with Gasteiger partial charge in [-0.15, -0.1) is 24.8 Å². The van der Waals surface area contributed by atoms with E-state index >= 15 is 0 Å². The quantitative estimate of drug-likeness (QED) is 0.797. The summed E-state index contributed by atoms with van der Waals surface area (Å²) in [5.41, 5.74) is -0.159. The van der Waals surface area contributed by atoms with E-state index in [-0.39, 0.29) is 41.8 Å². The van der Waals surface area contributed by atoms with Crippen LogP contribution < -0.4 is 21.9 Å². The van der Waals surface area contributed by atoms with Crippen LogP contribution >= 0.6 is 24.8 Å². The highest BCUT2D eigenvalue weighted by Crippen LogP contribution is 2.11. The molecule has 2 aromatic rings. The first-order chi connectivity index (χ1) is 9.95. The standard InChI is InChI=1S/C13H17N5O3.2ClH/c1-14-5-4-10(19)16-8-6-9-11(15-7-8)17(2)13(21)18(3)12(9)20;;/h6-7,14H,4-5H2,1-3H3,(H,16,19);2*1H. The molecule has 0 radical (unpaired) electrons. The molecule has 0 atom stereocenters. The molecular formula is C13H19Cl2N5O3. The van der Waals surface area contributed by atoms with Crippen molar-refractivity contribution in [2.45, 2.75) is 6.42 Å². The number of rotatable bonds is 4. The van der Waals surface area contributed by atoms with Crippen molar-refractivity contribution >= 4 is 47.4 Å². The zero-order valence-corrected chi connectivity index (χ0v) is 14.6. The van der Waals surface area contributed by atoms with E-state index in [2.05, 4.69) is 15.6 Å². The maximum atomic E-state index is 12.1. The van der Waals surface area contributed by atoms with Crippen molar-refractivity contribution in [3.05, 3.63) is 33.1 Å². The first kappa shape index (κ1) is 21.1. The fourth-order valence-corrected chi connectivity index (χ4v) is 2.00. The molecule has 2 heterocycles. The normalized spacial score (nSPS) is 9.87. The van der Waals surface area contributed by atoms with E-state index in [9.17, 15) is 14.4 Å². The number of amides is 1. The van der Waals surface area contributed by atoms with E-state index in [1.54, 1.807) is 14.1 Å². The average Bonchev–Trinajstić information content (AvgIpc) is 2.48. The predicted molar refractivity (Wildman–Crippen MR) is 93.9 cm³/mol. The van der Waals surface area contributed by atoms with Crippen LogP contribution in [0.4, 0.5) is 5.69 Å². The third kappa shape index (κ3) is 4.31. The number of carbonyl (C=O) groups excluding carboxylic acids is 1. The molecule has 0 bridgehead atoms. The van der Waals surface area contributed by atoms with Gasteiger partial charge in [-0.2, -0.15) is 0 Å². The SMILES string of the molecule is CNCCC(=O)Nc1cnc2c(c1)c(=O)n(C)c(=O)n2C.Cl.Cl. The third-order valence-corrected chi connectivity index (χ3v) is 3.18. The van der Waals surface area contributed by atoms with E-state index in [0.29, 0.717) is 18.7 Å². The molecule has 0 unspecified atom stereocenters. The number of nitrogens with one attached hydrogen (secondary N) is 2. The van der Waals surface area contributed by atoms with E-state index in [1.807, 2.05) is 0 Å². The number of pyridine rings is 1. The Morgan fingerprint density at radius 1 is 1.22 bits per heavy atom. The Hall–Kier alpha value is -1.90. The average molecular weight is 364 g/mol. The summed E-state index contributed by atoms with van der Waals surface area (Å²) in [4.78, 5) is 39.7. The summed E-state index contributed by atoms with van der Waals surface area (Å²) < 4.78 is 2.31. The minimum Gasteiger partial charge on any atom is -0.325 e. The molecule has 0 spiro atoms. The number of carbonyl (C=O) groups is 1. The van der Waals surface area contributed by atoms with Crippen molar-refractivity contribution in [3.63, 3.8) is 0 Å². The van der Waals surface area contributed by atoms with Crippen LogP contribution in [-0.4, -0.2) is 33.6 Å². The lowest BCUT2D eigenvalue weighted by atomic mass is 10.3. The van der Waals surface area contributed by atoms with Crippen LogP contribution in [0, 0.1) is 0 Å². The molecular weight excluding hydrogens is 345 g/mol. The molecule has 0 aliphatic carbocycles. The monoisotopic (exact) mass is 363 g/mol. The highest BCUT2D eigenvalue weighted by atomic mass is 35.5. The van der Waals surface area contributed by atoms with E-state index in [0.717, 1.165) is 4.57 Å². The summed E-state index contributed by atoms with van der Waals surface area (Å²) in [5.74, 6) is -0.174. The smallest absolute Gasteiger partial charge is 0.325 e. The topological polar surface area (TPSA) is 98.0 Å². The summed E-state index contributed by atoms with van der Waals surface area (Å²) in [7, 11) is 4.71. The number of aromatic nitrogens is 3. The second-order valence-electron chi connectivity index (χ2n) is 4.70. The lowest BCUT2D eigenvalue weighted by Crippen LogP contribution is -2.37. The van der Waals surface area contributed by atoms with Gasteiger partial charge in [-0.3, -0.25) is 18.7 Å². The Labute approximate surface area is 144 Å². The van der Waals surface area contributed by atoms with Crippen molar-refractivity contribution in [2.75, 3.05) is 18.9 Å². The van der Waals surface area contributed by atoms with Crippen LogP contribution in [0.3, 0.4) is 0 Å². The summed E-state index contributed by atoms with van der Waals surface area (Å²) in [6.07, 6.45) is 1.75. The van der Waals surface area contributed by atoms with E-state index in [4.69, 9.17) is 0 Å². The minimum atomic E-state index is -0.439. The molecule has 0 saturated carbocycles. The van der Waals surface area contributed by atoms with Crippen molar-refractivity contribution in [2.24, 2.45) is 14.1 Å². The highest BCUT2D eigenvalue weighted by Gasteiger charge is 2.11. The van der Waals surface area contributed by atoms with E-state index in [1.165, 1.54) is 23.9 Å². The van der Waals surface area contributed by atoms with Crippen molar-refractivity contribution in [1.29, 1.82) is 0 Å². The molecule has 8 nitrogen and oxygen atoms in total. The first-order valence-electron chi connectivity index (χ1n) is 6.46. The Bertz CT molecular complexity index is 816. The van der Waals surface area contributed by atoms with Gasteiger partial charge in [0.1, 0.15) is 5.65 Å². The largest absolute Gasteiger partial charge is 0.332 e.